The maximum absolute atomic E-state index is 9.12. The molecule has 1 N–H and O–H groups in total. The van der Waals surface area contributed by atoms with Gasteiger partial charge in [-0.1, -0.05) is 29.9 Å². The van der Waals surface area contributed by atoms with Gasteiger partial charge in [0.1, 0.15) is 5.15 Å². The van der Waals surface area contributed by atoms with Gasteiger partial charge in [-0.2, -0.15) is 0 Å². The molecule has 0 spiro atoms. The van der Waals surface area contributed by atoms with E-state index in [0.29, 0.717) is 5.15 Å². The van der Waals surface area contributed by atoms with E-state index < -0.39 is 0 Å². The Kier molecular flexibility index (Phi) is 6.19. The molecular formula is C11H20ClN3OS. The quantitative estimate of drug-likeness (QED) is 0.828. The molecule has 0 amide bonds. The molecular weight excluding hydrogens is 258 g/mol. The topological polar surface area (TPSA) is 39.6 Å². The summed E-state index contributed by atoms with van der Waals surface area (Å²) in [5.41, 5.74) is 0. The Hall–Kier alpha value is -0.360. The zero-order chi connectivity index (χ0) is 12.8. The van der Waals surface area contributed by atoms with Crippen molar-refractivity contribution in [1.82, 2.24) is 9.88 Å². The molecule has 17 heavy (non-hydrogen) atoms. The minimum Gasteiger partial charge on any atom is -0.391 e. The first-order valence-corrected chi connectivity index (χ1v) is 6.93. The second kappa shape index (κ2) is 7.16. The molecule has 1 rings (SSSR count). The van der Waals surface area contributed by atoms with E-state index in [1.54, 1.807) is 0 Å². The molecule has 0 atom stereocenters. The van der Waals surface area contributed by atoms with Crippen LogP contribution in [-0.2, 0) is 6.61 Å². The van der Waals surface area contributed by atoms with Crippen molar-refractivity contribution in [2.45, 2.75) is 20.0 Å². The van der Waals surface area contributed by atoms with Crippen molar-refractivity contribution < 1.29 is 5.11 Å². The van der Waals surface area contributed by atoms with Gasteiger partial charge in [0.15, 0.2) is 5.13 Å². The number of aliphatic hydroxyl groups is 1. The van der Waals surface area contributed by atoms with Crippen LogP contribution in [0.5, 0.6) is 0 Å². The molecule has 0 aliphatic carbocycles. The number of anilines is 1. The van der Waals surface area contributed by atoms with Gasteiger partial charge in [0, 0.05) is 19.6 Å². The summed E-state index contributed by atoms with van der Waals surface area (Å²) in [6.45, 7) is 4.97. The average Bonchev–Trinajstić information content (AvgIpc) is 2.65. The standard InChI is InChI=1S/C11H20ClN3OS/c1-4-5-15(7-6-14(2)3)11-13-10(12)9(8-16)17-11/h16H,4-8H2,1-3H3. The fourth-order valence-corrected chi connectivity index (χ4v) is 2.62. The van der Waals surface area contributed by atoms with E-state index in [0.717, 1.165) is 36.1 Å². The number of thiazole rings is 1. The van der Waals surface area contributed by atoms with Gasteiger partial charge in [0.25, 0.3) is 0 Å². The maximum atomic E-state index is 9.12. The summed E-state index contributed by atoms with van der Waals surface area (Å²) in [5, 5.41) is 10.5. The van der Waals surface area contributed by atoms with Gasteiger partial charge < -0.3 is 14.9 Å². The van der Waals surface area contributed by atoms with Crippen molar-refractivity contribution in [3.63, 3.8) is 0 Å². The molecule has 6 heteroatoms. The van der Waals surface area contributed by atoms with E-state index >= 15 is 0 Å². The molecule has 0 radical (unpaired) electrons. The molecule has 0 aromatic carbocycles. The SMILES string of the molecule is CCCN(CCN(C)C)c1nc(Cl)c(CO)s1. The molecule has 0 saturated heterocycles. The minimum atomic E-state index is -0.0376. The third-order valence-corrected chi connectivity index (χ3v) is 3.89. The molecule has 0 bridgehead atoms. The molecule has 0 saturated carbocycles. The summed E-state index contributed by atoms with van der Waals surface area (Å²) in [7, 11) is 4.11. The normalized spacial score (nSPS) is 11.2. The van der Waals surface area contributed by atoms with Gasteiger partial charge in [-0.05, 0) is 20.5 Å². The molecule has 0 fully saturated rings. The predicted octanol–water partition coefficient (Wildman–Crippen LogP) is 2.07. The Labute approximate surface area is 112 Å². The number of nitrogens with zero attached hydrogens (tertiary/aromatic N) is 3. The number of halogens is 1. The summed E-state index contributed by atoms with van der Waals surface area (Å²) >= 11 is 7.43. The Morgan fingerprint density at radius 3 is 2.47 bits per heavy atom. The van der Waals surface area contributed by atoms with Crippen molar-refractivity contribution >= 4 is 28.1 Å². The second-order valence-electron chi connectivity index (χ2n) is 4.16. The van der Waals surface area contributed by atoms with Crippen LogP contribution in [0.25, 0.3) is 0 Å². The van der Waals surface area contributed by atoms with Crippen LogP contribution in [0.1, 0.15) is 18.2 Å². The Morgan fingerprint density at radius 2 is 2.00 bits per heavy atom. The first-order valence-electron chi connectivity index (χ1n) is 5.74. The number of aromatic nitrogens is 1. The molecule has 1 heterocycles. The molecule has 1 aromatic heterocycles. The van der Waals surface area contributed by atoms with E-state index in [-0.39, 0.29) is 6.61 Å². The Balaban J connectivity index is 2.73. The molecule has 98 valence electrons. The minimum absolute atomic E-state index is 0.0376. The van der Waals surface area contributed by atoms with E-state index in [1.165, 1.54) is 11.3 Å². The van der Waals surface area contributed by atoms with Crippen molar-refractivity contribution in [3.05, 3.63) is 10.0 Å². The molecule has 0 aliphatic heterocycles. The van der Waals surface area contributed by atoms with Crippen LogP contribution in [0.4, 0.5) is 5.13 Å². The third kappa shape index (κ3) is 4.43. The molecule has 0 unspecified atom stereocenters. The van der Waals surface area contributed by atoms with E-state index in [9.17, 15) is 0 Å². The summed E-state index contributed by atoms with van der Waals surface area (Å²) in [4.78, 5) is 9.41. The first-order chi connectivity index (χ1) is 8.08. The number of likely N-dealkylation sites (N-methyl/N-ethyl adjacent to an activating group) is 1. The highest BCUT2D eigenvalue weighted by atomic mass is 35.5. The number of rotatable bonds is 7. The fourth-order valence-electron chi connectivity index (χ4n) is 1.45. The number of hydrogen-bond donors (Lipinski definition) is 1. The van der Waals surface area contributed by atoms with Crippen LogP contribution in [0, 0.1) is 0 Å². The number of aliphatic hydroxyl groups excluding tert-OH is 1. The van der Waals surface area contributed by atoms with Gasteiger partial charge in [-0.3, -0.25) is 0 Å². The first kappa shape index (κ1) is 14.7. The van der Waals surface area contributed by atoms with Gasteiger partial charge in [0.2, 0.25) is 0 Å². The summed E-state index contributed by atoms with van der Waals surface area (Å²) in [6, 6.07) is 0. The van der Waals surface area contributed by atoms with Crippen LogP contribution in [0.2, 0.25) is 5.15 Å². The van der Waals surface area contributed by atoms with Crippen molar-refractivity contribution in [2.24, 2.45) is 0 Å². The van der Waals surface area contributed by atoms with Crippen LogP contribution in [0.15, 0.2) is 0 Å². The zero-order valence-corrected chi connectivity index (χ0v) is 12.2. The van der Waals surface area contributed by atoms with Gasteiger partial charge >= 0.3 is 0 Å². The molecule has 1 aromatic rings. The summed E-state index contributed by atoms with van der Waals surface area (Å²) < 4.78 is 0. The lowest BCUT2D eigenvalue weighted by molar-refractivity contribution is 0.285. The lowest BCUT2D eigenvalue weighted by atomic mass is 10.4. The van der Waals surface area contributed by atoms with Crippen molar-refractivity contribution in [3.8, 4) is 0 Å². The Bertz CT molecular complexity index is 343. The van der Waals surface area contributed by atoms with Gasteiger partial charge in [0.05, 0.1) is 11.5 Å². The number of hydrogen-bond acceptors (Lipinski definition) is 5. The second-order valence-corrected chi connectivity index (χ2v) is 5.58. The van der Waals surface area contributed by atoms with Crippen molar-refractivity contribution in [1.29, 1.82) is 0 Å². The predicted molar refractivity (Wildman–Crippen MR) is 74.1 cm³/mol. The van der Waals surface area contributed by atoms with E-state index in [1.807, 2.05) is 0 Å². The van der Waals surface area contributed by atoms with E-state index in [2.05, 4.69) is 35.8 Å². The smallest absolute Gasteiger partial charge is 0.187 e. The van der Waals surface area contributed by atoms with Gasteiger partial charge in [-0.15, -0.1) is 0 Å². The average molecular weight is 278 g/mol. The lowest BCUT2D eigenvalue weighted by Gasteiger charge is -2.22. The summed E-state index contributed by atoms with van der Waals surface area (Å²) in [5.74, 6) is 0. The largest absolute Gasteiger partial charge is 0.391 e. The van der Waals surface area contributed by atoms with Crippen LogP contribution in [0.3, 0.4) is 0 Å². The maximum Gasteiger partial charge on any atom is 0.187 e. The van der Waals surface area contributed by atoms with Crippen LogP contribution in [-0.4, -0.2) is 48.7 Å². The highest BCUT2D eigenvalue weighted by Crippen LogP contribution is 2.29. The monoisotopic (exact) mass is 277 g/mol. The zero-order valence-electron chi connectivity index (χ0n) is 10.6. The van der Waals surface area contributed by atoms with E-state index in [4.69, 9.17) is 16.7 Å². The van der Waals surface area contributed by atoms with Crippen LogP contribution < -0.4 is 4.90 Å². The highest BCUT2D eigenvalue weighted by Gasteiger charge is 2.14. The molecule has 0 aliphatic rings. The van der Waals surface area contributed by atoms with Gasteiger partial charge in [-0.25, -0.2) is 4.98 Å². The summed E-state index contributed by atoms with van der Waals surface area (Å²) in [6.07, 6.45) is 1.07. The van der Waals surface area contributed by atoms with Crippen LogP contribution >= 0.6 is 22.9 Å². The third-order valence-electron chi connectivity index (χ3n) is 2.36. The lowest BCUT2D eigenvalue weighted by Crippen LogP contribution is -2.32. The Morgan fingerprint density at radius 1 is 1.29 bits per heavy atom. The highest BCUT2D eigenvalue weighted by molar-refractivity contribution is 7.16. The fraction of sp³-hybridized carbons (Fsp3) is 0.727. The molecule has 4 nitrogen and oxygen atoms in total. The van der Waals surface area contributed by atoms with Crippen molar-refractivity contribution in [2.75, 3.05) is 38.6 Å².